The quantitative estimate of drug-likeness (QED) is 0.628. The third-order valence-corrected chi connectivity index (χ3v) is 4.12. The van der Waals surface area contributed by atoms with Crippen LogP contribution in [0.1, 0.15) is 31.2 Å². The molecule has 6 nitrogen and oxygen atoms in total. The summed E-state index contributed by atoms with van der Waals surface area (Å²) in [7, 11) is 0. The van der Waals surface area contributed by atoms with Crippen molar-refractivity contribution >= 4 is 11.8 Å². The van der Waals surface area contributed by atoms with E-state index in [0.717, 1.165) is 17.1 Å². The molecule has 0 aliphatic rings. The van der Waals surface area contributed by atoms with Crippen molar-refractivity contribution in [2.45, 2.75) is 30.7 Å². The van der Waals surface area contributed by atoms with Crippen LogP contribution in [0.3, 0.4) is 0 Å². The summed E-state index contributed by atoms with van der Waals surface area (Å²) < 4.78 is 0. The zero-order chi connectivity index (χ0) is 15.5. The zero-order valence-electron chi connectivity index (χ0n) is 12.4. The van der Waals surface area contributed by atoms with Crippen molar-refractivity contribution in [1.29, 1.82) is 0 Å². The number of nitrogens with one attached hydrogen (secondary N) is 2. The summed E-state index contributed by atoms with van der Waals surface area (Å²) in [6.45, 7) is 4.22. The summed E-state index contributed by atoms with van der Waals surface area (Å²) in [5, 5.41) is 24.8. The molecule has 22 heavy (non-hydrogen) atoms. The van der Waals surface area contributed by atoms with Gasteiger partial charge < -0.3 is 5.11 Å². The molecule has 1 aromatic carbocycles. The Labute approximate surface area is 132 Å². The standard InChI is InChI=1S/C15H17N5OS/c1-9(2)12-7-10(17-18-12)8-22-15-16-14(19-20-15)11-5-3-4-6-13(11)21/h3-7,9,21H,8H2,1-2H3,(H,17,18)(H,16,19,20). The lowest BCUT2D eigenvalue weighted by Crippen LogP contribution is -1.85. The van der Waals surface area contributed by atoms with Crippen molar-refractivity contribution < 1.29 is 5.11 Å². The first kappa shape index (κ1) is 14.6. The number of phenols is 1. The Morgan fingerprint density at radius 3 is 2.73 bits per heavy atom. The second-order valence-electron chi connectivity index (χ2n) is 5.25. The number of phenolic OH excluding ortho intramolecular Hbond substituents is 1. The van der Waals surface area contributed by atoms with Crippen LogP contribution in [0.2, 0.25) is 0 Å². The van der Waals surface area contributed by atoms with Gasteiger partial charge in [-0.3, -0.25) is 10.2 Å². The fourth-order valence-corrected chi connectivity index (χ4v) is 2.70. The minimum Gasteiger partial charge on any atom is -0.507 e. The molecule has 7 heteroatoms. The molecule has 0 aliphatic heterocycles. The third kappa shape index (κ3) is 3.14. The van der Waals surface area contributed by atoms with Gasteiger partial charge in [-0.25, -0.2) is 4.98 Å². The van der Waals surface area contributed by atoms with Crippen molar-refractivity contribution in [3.05, 3.63) is 41.7 Å². The SMILES string of the molecule is CC(C)c1cc(CSc2n[nH]c(-c3ccccc3O)n2)[nH]n1. The number of benzene rings is 1. The van der Waals surface area contributed by atoms with E-state index in [1.165, 1.54) is 11.8 Å². The number of rotatable bonds is 5. The normalized spacial score (nSPS) is 11.2. The van der Waals surface area contributed by atoms with E-state index in [1.807, 2.05) is 6.07 Å². The number of aromatic amines is 2. The van der Waals surface area contributed by atoms with Gasteiger partial charge in [-0.1, -0.05) is 37.7 Å². The molecule has 3 rings (SSSR count). The minimum atomic E-state index is 0.186. The van der Waals surface area contributed by atoms with Gasteiger partial charge in [0.25, 0.3) is 0 Å². The summed E-state index contributed by atoms with van der Waals surface area (Å²) in [6.07, 6.45) is 0. The molecule has 2 heterocycles. The maximum atomic E-state index is 9.83. The molecule has 0 unspecified atom stereocenters. The van der Waals surface area contributed by atoms with Crippen LogP contribution in [0.15, 0.2) is 35.5 Å². The first-order valence-electron chi connectivity index (χ1n) is 7.01. The number of aromatic hydroxyl groups is 1. The predicted octanol–water partition coefficient (Wildman–Crippen LogP) is 3.32. The fourth-order valence-electron chi connectivity index (χ4n) is 2.00. The lowest BCUT2D eigenvalue weighted by Gasteiger charge is -1.98. The molecule has 0 radical (unpaired) electrons. The third-order valence-electron chi connectivity index (χ3n) is 3.22. The van der Waals surface area contributed by atoms with Crippen molar-refractivity contribution in [2.75, 3.05) is 0 Å². The lowest BCUT2D eigenvalue weighted by atomic mass is 10.1. The molecule has 0 fully saturated rings. The predicted molar refractivity (Wildman–Crippen MR) is 85.7 cm³/mol. The second-order valence-corrected chi connectivity index (χ2v) is 6.19. The number of para-hydroxylation sites is 1. The fraction of sp³-hybridized carbons (Fsp3) is 0.267. The molecule has 0 spiro atoms. The first-order valence-corrected chi connectivity index (χ1v) is 8.00. The van der Waals surface area contributed by atoms with Crippen LogP contribution in [0, 0.1) is 0 Å². The van der Waals surface area contributed by atoms with E-state index in [9.17, 15) is 5.11 Å². The monoisotopic (exact) mass is 315 g/mol. The van der Waals surface area contributed by atoms with Gasteiger partial charge in [0.1, 0.15) is 5.75 Å². The van der Waals surface area contributed by atoms with Gasteiger partial charge in [-0.15, -0.1) is 5.10 Å². The molecular formula is C15H17N5OS. The van der Waals surface area contributed by atoms with Crippen LogP contribution in [0.5, 0.6) is 5.75 Å². The van der Waals surface area contributed by atoms with Gasteiger partial charge in [0.15, 0.2) is 5.82 Å². The van der Waals surface area contributed by atoms with E-state index < -0.39 is 0 Å². The molecule has 0 saturated heterocycles. The molecule has 3 aromatic rings. The van der Waals surface area contributed by atoms with Crippen LogP contribution < -0.4 is 0 Å². The molecule has 0 atom stereocenters. The number of hydrogen-bond acceptors (Lipinski definition) is 5. The number of nitrogens with zero attached hydrogens (tertiary/aromatic N) is 3. The van der Waals surface area contributed by atoms with Gasteiger partial charge in [-0.05, 0) is 24.1 Å². The van der Waals surface area contributed by atoms with E-state index in [4.69, 9.17) is 0 Å². The van der Waals surface area contributed by atoms with Gasteiger partial charge in [-0.2, -0.15) is 5.10 Å². The smallest absolute Gasteiger partial charge is 0.209 e. The van der Waals surface area contributed by atoms with Crippen LogP contribution in [-0.4, -0.2) is 30.5 Å². The van der Waals surface area contributed by atoms with Gasteiger partial charge in [0.2, 0.25) is 5.16 Å². The Balaban J connectivity index is 1.68. The molecule has 2 aromatic heterocycles. The van der Waals surface area contributed by atoms with E-state index >= 15 is 0 Å². The Kier molecular flexibility index (Phi) is 4.15. The minimum absolute atomic E-state index is 0.186. The molecule has 0 bridgehead atoms. The van der Waals surface area contributed by atoms with Crippen molar-refractivity contribution in [2.24, 2.45) is 0 Å². The van der Waals surface area contributed by atoms with Gasteiger partial charge in [0.05, 0.1) is 11.3 Å². The van der Waals surface area contributed by atoms with E-state index in [-0.39, 0.29) is 5.75 Å². The Bertz CT molecular complexity index is 765. The highest BCUT2D eigenvalue weighted by molar-refractivity contribution is 7.98. The van der Waals surface area contributed by atoms with Crippen molar-refractivity contribution in [3.8, 4) is 17.1 Å². The van der Waals surface area contributed by atoms with Gasteiger partial charge >= 0.3 is 0 Å². The number of thioether (sulfide) groups is 1. The van der Waals surface area contributed by atoms with Crippen molar-refractivity contribution in [1.82, 2.24) is 25.4 Å². The largest absolute Gasteiger partial charge is 0.507 e. The molecule has 0 amide bonds. The first-order chi connectivity index (χ1) is 10.6. The summed E-state index contributed by atoms with van der Waals surface area (Å²) in [5.74, 6) is 1.88. The summed E-state index contributed by atoms with van der Waals surface area (Å²) in [6, 6.07) is 9.11. The summed E-state index contributed by atoms with van der Waals surface area (Å²) in [4.78, 5) is 4.40. The van der Waals surface area contributed by atoms with E-state index in [0.29, 0.717) is 22.5 Å². The number of H-pyrrole nitrogens is 2. The maximum Gasteiger partial charge on any atom is 0.209 e. The zero-order valence-corrected chi connectivity index (χ0v) is 13.2. The average molecular weight is 315 g/mol. The van der Waals surface area contributed by atoms with Crippen LogP contribution in [0.25, 0.3) is 11.4 Å². The van der Waals surface area contributed by atoms with Crippen LogP contribution >= 0.6 is 11.8 Å². The Morgan fingerprint density at radius 2 is 2.00 bits per heavy atom. The maximum absolute atomic E-state index is 9.83. The van der Waals surface area contributed by atoms with E-state index in [1.54, 1.807) is 18.2 Å². The lowest BCUT2D eigenvalue weighted by molar-refractivity contribution is 0.477. The molecule has 114 valence electrons. The Hall–Kier alpha value is -2.28. The summed E-state index contributed by atoms with van der Waals surface area (Å²) >= 11 is 1.51. The Morgan fingerprint density at radius 1 is 1.18 bits per heavy atom. The van der Waals surface area contributed by atoms with Crippen molar-refractivity contribution in [3.63, 3.8) is 0 Å². The topological polar surface area (TPSA) is 90.5 Å². The van der Waals surface area contributed by atoms with E-state index in [2.05, 4.69) is 45.3 Å². The molecule has 3 N–H and O–H groups in total. The van der Waals surface area contributed by atoms with Crippen LogP contribution in [0.4, 0.5) is 0 Å². The second kappa shape index (κ2) is 6.23. The van der Waals surface area contributed by atoms with Gasteiger partial charge in [0, 0.05) is 11.4 Å². The molecular weight excluding hydrogens is 298 g/mol. The molecule has 0 aliphatic carbocycles. The summed E-state index contributed by atoms with van der Waals surface area (Å²) in [5.41, 5.74) is 2.74. The number of aromatic nitrogens is 5. The highest BCUT2D eigenvalue weighted by atomic mass is 32.2. The van der Waals surface area contributed by atoms with Crippen LogP contribution in [-0.2, 0) is 5.75 Å². The highest BCUT2D eigenvalue weighted by Gasteiger charge is 2.11. The average Bonchev–Trinajstić information content (AvgIpc) is 3.15. The number of hydrogen-bond donors (Lipinski definition) is 3. The highest BCUT2D eigenvalue weighted by Crippen LogP contribution is 2.27. The molecule has 0 saturated carbocycles.